The molecule has 90 valence electrons. The number of carboxylic acid groups (broad SMARTS) is 1. The Labute approximate surface area is 107 Å². The van der Waals surface area contributed by atoms with Crippen molar-refractivity contribution in [3.63, 3.8) is 0 Å². The summed E-state index contributed by atoms with van der Waals surface area (Å²) in [6.07, 6.45) is 0. The third kappa shape index (κ3) is 3.64. The molecule has 0 saturated heterocycles. The summed E-state index contributed by atoms with van der Waals surface area (Å²) in [5.41, 5.74) is 0.399. The van der Waals surface area contributed by atoms with Crippen LogP contribution in [-0.4, -0.2) is 24.3 Å². The molecule has 0 bridgehead atoms. The van der Waals surface area contributed by atoms with Gasteiger partial charge in [-0.2, -0.15) is 5.26 Å². The molecule has 0 aliphatic heterocycles. The maximum absolute atomic E-state index is 10.4. The molecular weight excluding hydrogens is 290 g/mol. The lowest BCUT2D eigenvalue weighted by molar-refractivity contribution is -0.139. The molecule has 0 aliphatic rings. The van der Waals surface area contributed by atoms with E-state index in [1.165, 1.54) is 12.1 Å². The Bertz CT molecular complexity index is 467. The minimum absolute atomic E-state index is 0.292. The molecule has 0 radical (unpaired) electrons. The van der Waals surface area contributed by atoms with Crippen molar-refractivity contribution in [3.05, 3.63) is 22.2 Å². The van der Waals surface area contributed by atoms with Crippen LogP contribution in [0, 0.1) is 11.3 Å². The average Bonchev–Trinajstić information content (AvgIpc) is 2.29. The van der Waals surface area contributed by atoms with Crippen molar-refractivity contribution in [1.29, 1.82) is 5.26 Å². The third-order valence-corrected chi connectivity index (χ3v) is 2.46. The number of nitriles is 1. The monoisotopic (exact) mass is 299 g/mol. The molecule has 0 heterocycles. The second-order valence-corrected chi connectivity index (χ2v) is 3.86. The van der Waals surface area contributed by atoms with Gasteiger partial charge in [0.1, 0.15) is 6.07 Å². The molecule has 0 saturated carbocycles. The maximum Gasteiger partial charge on any atom is 0.341 e. The van der Waals surface area contributed by atoms with E-state index < -0.39 is 12.6 Å². The summed E-state index contributed by atoms with van der Waals surface area (Å²) in [4.78, 5) is 10.4. The van der Waals surface area contributed by atoms with Crippen molar-refractivity contribution in [2.24, 2.45) is 0 Å². The molecule has 17 heavy (non-hydrogen) atoms. The van der Waals surface area contributed by atoms with E-state index in [4.69, 9.17) is 19.8 Å². The van der Waals surface area contributed by atoms with Gasteiger partial charge in [-0.05, 0) is 28.9 Å². The molecule has 1 N–H and O–H groups in total. The van der Waals surface area contributed by atoms with Gasteiger partial charge in [-0.3, -0.25) is 0 Å². The van der Waals surface area contributed by atoms with Crippen molar-refractivity contribution in [2.75, 3.05) is 13.2 Å². The first kappa shape index (κ1) is 13.3. The van der Waals surface area contributed by atoms with Gasteiger partial charge >= 0.3 is 5.97 Å². The largest absolute Gasteiger partial charge is 0.490 e. The predicted octanol–water partition coefficient (Wildman–Crippen LogP) is 2.18. The third-order valence-electron chi connectivity index (χ3n) is 1.80. The highest BCUT2D eigenvalue weighted by Crippen LogP contribution is 2.33. The number of ether oxygens (including phenoxy) is 2. The number of carboxylic acids is 1. The van der Waals surface area contributed by atoms with Crippen LogP contribution in [0.15, 0.2) is 16.6 Å². The smallest absolute Gasteiger partial charge is 0.341 e. The quantitative estimate of drug-likeness (QED) is 0.901. The number of nitrogens with zero attached hydrogens (tertiary/aromatic N) is 1. The first-order chi connectivity index (χ1) is 8.08. The first-order valence-electron chi connectivity index (χ1n) is 4.79. The van der Waals surface area contributed by atoms with Gasteiger partial charge in [0.25, 0.3) is 0 Å². The van der Waals surface area contributed by atoms with E-state index in [0.717, 1.165) is 0 Å². The van der Waals surface area contributed by atoms with E-state index in [0.29, 0.717) is 28.1 Å². The molecule has 0 aromatic heterocycles. The van der Waals surface area contributed by atoms with E-state index in [-0.39, 0.29) is 0 Å². The van der Waals surface area contributed by atoms with Gasteiger partial charge in [0.2, 0.25) is 0 Å². The highest BCUT2D eigenvalue weighted by molar-refractivity contribution is 9.10. The fraction of sp³-hybridized carbons (Fsp3) is 0.273. The summed E-state index contributed by atoms with van der Waals surface area (Å²) in [5.74, 6) is -0.429. The Morgan fingerprint density at radius 1 is 1.47 bits per heavy atom. The Morgan fingerprint density at radius 3 is 2.65 bits per heavy atom. The molecule has 0 fully saturated rings. The predicted molar refractivity (Wildman–Crippen MR) is 63.2 cm³/mol. The Morgan fingerprint density at radius 2 is 2.12 bits per heavy atom. The van der Waals surface area contributed by atoms with E-state index in [9.17, 15) is 4.79 Å². The Balaban J connectivity index is 3.05. The fourth-order valence-corrected chi connectivity index (χ4v) is 1.55. The number of rotatable bonds is 5. The van der Waals surface area contributed by atoms with Crippen LogP contribution in [0.5, 0.6) is 11.5 Å². The number of carbonyl (C=O) groups is 1. The first-order valence-corrected chi connectivity index (χ1v) is 5.58. The van der Waals surface area contributed by atoms with Gasteiger partial charge in [-0.25, -0.2) is 4.79 Å². The zero-order valence-electron chi connectivity index (χ0n) is 9.07. The molecule has 0 unspecified atom stereocenters. The highest BCUT2D eigenvalue weighted by atomic mass is 79.9. The van der Waals surface area contributed by atoms with Gasteiger partial charge in [0.15, 0.2) is 18.1 Å². The van der Waals surface area contributed by atoms with Crippen LogP contribution in [0.25, 0.3) is 0 Å². The minimum atomic E-state index is -1.08. The van der Waals surface area contributed by atoms with Crippen LogP contribution in [0.2, 0.25) is 0 Å². The van der Waals surface area contributed by atoms with Crippen LogP contribution in [0.1, 0.15) is 12.5 Å². The van der Waals surface area contributed by atoms with Crippen molar-refractivity contribution in [3.8, 4) is 17.6 Å². The molecule has 0 spiro atoms. The van der Waals surface area contributed by atoms with Gasteiger partial charge < -0.3 is 14.6 Å². The number of benzene rings is 1. The van der Waals surface area contributed by atoms with E-state index in [1.54, 1.807) is 6.92 Å². The van der Waals surface area contributed by atoms with Gasteiger partial charge in [0, 0.05) is 10.5 Å². The maximum atomic E-state index is 10.4. The second kappa shape index (κ2) is 6.11. The molecule has 1 aromatic rings. The van der Waals surface area contributed by atoms with Crippen LogP contribution in [0.3, 0.4) is 0 Å². The molecule has 0 amide bonds. The number of hydrogen-bond donors (Lipinski definition) is 1. The molecule has 0 atom stereocenters. The summed E-state index contributed by atoms with van der Waals surface area (Å²) in [5, 5.41) is 17.4. The lowest BCUT2D eigenvalue weighted by Crippen LogP contribution is -2.10. The molecule has 0 aliphatic carbocycles. The Kier molecular flexibility index (Phi) is 4.79. The van der Waals surface area contributed by atoms with Gasteiger partial charge in [0.05, 0.1) is 12.2 Å². The average molecular weight is 300 g/mol. The van der Waals surface area contributed by atoms with E-state index in [1.807, 2.05) is 6.07 Å². The van der Waals surface area contributed by atoms with Crippen molar-refractivity contribution in [1.82, 2.24) is 0 Å². The highest BCUT2D eigenvalue weighted by Gasteiger charge is 2.11. The molecule has 1 aromatic carbocycles. The van der Waals surface area contributed by atoms with Crippen LogP contribution in [0.4, 0.5) is 0 Å². The van der Waals surface area contributed by atoms with Crippen molar-refractivity contribution >= 4 is 21.9 Å². The minimum Gasteiger partial charge on any atom is -0.490 e. The lowest BCUT2D eigenvalue weighted by Gasteiger charge is -2.11. The lowest BCUT2D eigenvalue weighted by atomic mass is 10.2. The number of hydrogen-bond acceptors (Lipinski definition) is 4. The summed E-state index contributed by atoms with van der Waals surface area (Å²) in [6.45, 7) is 1.73. The van der Waals surface area contributed by atoms with Gasteiger partial charge in [-0.15, -0.1) is 0 Å². The fourth-order valence-electron chi connectivity index (χ4n) is 1.14. The molecule has 1 rings (SSSR count). The van der Waals surface area contributed by atoms with Crippen LogP contribution in [-0.2, 0) is 4.79 Å². The van der Waals surface area contributed by atoms with Crippen molar-refractivity contribution < 1.29 is 19.4 Å². The SMILES string of the molecule is CCOc1cc(C#N)c(Br)cc1OCC(=O)O. The van der Waals surface area contributed by atoms with Crippen LogP contribution < -0.4 is 9.47 Å². The normalized spacial score (nSPS) is 9.47. The van der Waals surface area contributed by atoms with E-state index in [2.05, 4.69) is 15.9 Å². The Hall–Kier alpha value is -1.74. The molecular formula is C11H10BrNO4. The summed E-state index contributed by atoms with van der Waals surface area (Å²) < 4.78 is 10.9. The number of aliphatic carboxylic acids is 1. The standard InChI is InChI=1S/C11H10BrNO4/c1-2-16-9-3-7(5-13)8(12)4-10(9)17-6-11(14)15/h3-4H,2,6H2,1H3,(H,14,15). The zero-order valence-corrected chi connectivity index (χ0v) is 10.7. The summed E-state index contributed by atoms with van der Waals surface area (Å²) in [6, 6.07) is 5.01. The zero-order chi connectivity index (χ0) is 12.8. The molecule has 6 heteroatoms. The topological polar surface area (TPSA) is 79.5 Å². The van der Waals surface area contributed by atoms with Gasteiger partial charge in [-0.1, -0.05) is 0 Å². The summed E-state index contributed by atoms with van der Waals surface area (Å²) >= 11 is 3.19. The summed E-state index contributed by atoms with van der Waals surface area (Å²) in [7, 11) is 0. The van der Waals surface area contributed by atoms with E-state index >= 15 is 0 Å². The second-order valence-electron chi connectivity index (χ2n) is 3.01. The number of halogens is 1. The molecule has 5 nitrogen and oxygen atoms in total. The van der Waals surface area contributed by atoms with Crippen molar-refractivity contribution in [2.45, 2.75) is 6.92 Å². The van der Waals surface area contributed by atoms with Crippen LogP contribution >= 0.6 is 15.9 Å².